The van der Waals surface area contributed by atoms with Crippen molar-refractivity contribution in [3.8, 4) is 0 Å². The third-order valence-electron chi connectivity index (χ3n) is 4.08. The first-order chi connectivity index (χ1) is 11.6. The van der Waals surface area contributed by atoms with Gasteiger partial charge in [-0.1, -0.05) is 12.1 Å². The molecule has 1 aliphatic heterocycles. The maximum atomic E-state index is 11.7. The molecule has 24 heavy (non-hydrogen) atoms. The average Bonchev–Trinajstić information content (AvgIpc) is 3.11. The third kappa shape index (κ3) is 5.23. The van der Waals surface area contributed by atoms with Crippen LogP contribution in [0.1, 0.15) is 29.3 Å². The van der Waals surface area contributed by atoms with Crippen LogP contribution in [0.5, 0.6) is 0 Å². The van der Waals surface area contributed by atoms with Crippen LogP contribution in [0.3, 0.4) is 0 Å². The number of guanidine groups is 1. The van der Waals surface area contributed by atoms with Crippen molar-refractivity contribution in [1.82, 2.24) is 15.5 Å². The van der Waals surface area contributed by atoms with E-state index in [9.17, 15) is 4.79 Å². The van der Waals surface area contributed by atoms with Gasteiger partial charge in [-0.05, 0) is 31.0 Å². The summed E-state index contributed by atoms with van der Waals surface area (Å²) >= 11 is 0. The van der Waals surface area contributed by atoms with Crippen molar-refractivity contribution in [2.75, 3.05) is 40.4 Å². The maximum Gasteiger partial charge on any atom is 0.251 e. The van der Waals surface area contributed by atoms with Crippen molar-refractivity contribution in [2.45, 2.75) is 19.9 Å². The van der Waals surface area contributed by atoms with E-state index in [-0.39, 0.29) is 5.91 Å². The van der Waals surface area contributed by atoms with E-state index < -0.39 is 0 Å². The number of benzene rings is 1. The number of hydrogen-bond acceptors (Lipinski definition) is 3. The average molecular weight is 332 g/mol. The van der Waals surface area contributed by atoms with E-state index in [1.165, 1.54) is 0 Å². The lowest BCUT2D eigenvalue weighted by Gasteiger charge is -2.24. The quantitative estimate of drug-likeness (QED) is 0.612. The first-order valence-electron chi connectivity index (χ1n) is 8.52. The molecular formula is C18H28N4O2. The summed E-state index contributed by atoms with van der Waals surface area (Å²) in [6.07, 6.45) is 1.11. The Balaban J connectivity index is 2.02. The second-order valence-corrected chi connectivity index (χ2v) is 6.06. The highest BCUT2D eigenvalue weighted by Gasteiger charge is 2.19. The summed E-state index contributed by atoms with van der Waals surface area (Å²) in [6.45, 7) is 6.05. The third-order valence-corrected chi connectivity index (χ3v) is 4.08. The van der Waals surface area contributed by atoms with Crippen LogP contribution in [-0.4, -0.2) is 57.2 Å². The largest absolute Gasteiger partial charge is 0.381 e. The van der Waals surface area contributed by atoms with Crippen molar-refractivity contribution in [3.05, 3.63) is 35.4 Å². The molecule has 1 unspecified atom stereocenters. The lowest BCUT2D eigenvalue weighted by Crippen LogP contribution is -2.41. The second kappa shape index (κ2) is 9.27. The number of aliphatic imine (C=N–C) groups is 1. The lowest BCUT2D eigenvalue weighted by molar-refractivity contribution is 0.0963. The minimum Gasteiger partial charge on any atom is -0.381 e. The Morgan fingerprint density at radius 1 is 1.46 bits per heavy atom. The molecule has 132 valence electrons. The first kappa shape index (κ1) is 18.3. The van der Waals surface area contributed by atoms with E-state index in [1.807, 2.05) is 24.3 Å². The lowest BCUT2D eigenvalue weighted by atomic mass is 10.1. The van der Waals surface area contributed by atoms with Crippen LogP contribution in [0.2, 0.25) is 0 Å². The molecule has 1 amide bonds. The van der Waals surface area contributed by atoms with Gasteiger partial charge in [0.05, 0.1) is 13.2 Å². The summed E-state index contributed by atoms with van der Waals surface area (Å²) in [6, 6.07) is 7.58. The zero-order valence-corrected chi connectivity index (χ0v) is 14.8. The van der Waals surface area contributed by atoms with E-state index in [0.29, 0.717) is 18.0 Å². The topological polar surface area (TPSA) is 66.0 Å². The van der Waals surface area contributed by atoms with Gasteiger partial charge >= 0.3 is 0 Å². The number of hydrogen-bond donors (Lipinski definition) is 2. The van der Waals surface area contributed by atoms with Crippen molar-refractivity contribution >= 4 is 11.9 Å². The summed E-state index contributed by atoms with van der Waals surface area (Å²) in [7, 11) is 3.69. The molecule has 0 spiro atoms. The molecule has 1 aliphatic rings. The highest BCUT2D eigenvalue weighted by Crippen LogP contribution is 2.13. The van der Waals surface area contributed by atoms with Gasteiger partial charge < -0.3 is 20.3 Å². The Morgan fingerprint density at radius 2 is 2.29 bits per heavy atom. The Labute approximate surface area is 144 Å². The van der Waals surface area contributed by atoms with Crippen LogP contribution >= 0.6 is 0 Å². The molecule has 1 saturated heterocycles. The Hall–Kier alpha value is -2.08. The minimum absolute atomic E-state index is 0.0777. The standard InChI is InChI=1S/C18H28N4O2/c1-4-20-18(22(3)12-15-8-9-24-13-15)21-11-14-6-5-7-16(10-14)17(23)19-2/h5-7,10,15H,4,8-9,11-13H2,1-3H3,(H,19,23)(H,20,21). The van der Waals surface area contributed by atoms with Crippen LogP contribution in [-0.2, 0) is 11.3 Å². The fourth-order valence-electron chi connectivity index (χ4n) is 2.79. The van der Waals surface area contributed by atoms with Crippen LogP contribution < -0.4 is 10.6 Å². The highest BCUT2D eigenvalue weighted by molar-refractivity contribution is 5.94. The number of nitrogens with zero attached hydrogens (tertiary/aromatic N) is 2. The molecule has 0 radical (unpaired) electrons. The summed E-state index contributed by atoms with van der Waals surface area (Å²) < 4.78 is 5.45. The Bertz CT molecular complexity index is 568. The molecule has 2 rings (SSSR count). The van der Waals surface area contributed by atoms with Crippen molar-refractivity contribution in [2.24, 2.45) is 10.9 Å². The predicted octanol–water partition coefficient (Wildman–Crippen LogP) is 1.48. The van der Waals surface area contributed by atoms with Gasteiger partial charge in [-0.2, -0.15) is 0 Å². The van der Waals surface area contributed by atoms with Gasteiger partial charge in [0.2, 0.25) is 0 Å². The van der Waals surface area contributed by atoms with E-state index in [0.717, 1.165) is 44.2 Å². The van der Waals surface area contributed by atoms with Crippen molar-refractivity contribution in [1.29, 1.82) is 0 Å². The van der Waals surface area contributed by atoms with Gasteiger partial charge in [-0.25, -0.2) is 4.99 Å². The van der Waals surface area contributed by atoms with Gasteiger partial charge in [0.15, 0.2) is 5.96 Å². The molecule has 1 aromatic carbocycles. The SMILES string of the molecule is CCNC(=NCc1cccc(C(=O)NC)c1)N(C)CC1CCOC1. The van der Waals surface area contributed by atoms with E-state index >= 15 is 0 Å². The van der Waals surface area contributed by atoms with Gasteiger partial charge in [-0.3, -0.25) is 4.79 Å². The zero-order chi connectivity index (χ0) is 17.4. The molecule has 1 heterocycles. The maximum absolute atomic E-state index is 11.7. The van der Waals surface area contributed by atoms with E-state index in [1.54, 1.807) is 7.05 Å². The minimum atomic E-state index is -0.0777. The summed E-state index contributed by atoms with van der Waals surface area (Å²) in [5, 5.41) is 5.98. The molecule has 0 aromatic heterocycles. The number of ether oxygens (including phenoxy) is 1. The van der Waals surface area contributed by atoms with Gasteiger partial charge in [0.25, 0.3) is 5.91 Å². The normalized spacial score (nSPS) is 17.6. The monoisotopic (exact) mass is 332 g/mol. The molecule has 0 aliphatic carbocycles. The van der Waals surface area contributed by atoms with E-state index in [2.05, 4.69) is 29.5 Å². The number of carbonyl (C=O) groups is 1. The Kier molecular flexibility index (Phi) is 7.06. The second-order valence-electron chi connectivity index (χ2n) is 6.06. The fraction of sp³-hybridized carbons (Fsp3) is 0.556. The molecule has 0 bridgehead atoms. The first-order valence-corrected chi connectivity index (χ1v) is 8.52. The van der Waals surface area contributed by atoms with Crippen LogP contribution in [0.25, 0.3) is 0 Å². The Morgan fingerprint density at radius 3 is 2.96 bits per heavy atom. The highest BCUT2D eigenvalue weighted by atomic mass is 16.5. The number of rotatable bonds is 6. The zero-order valence-electron chi connectivity index (χ0n) is 14.8. The summed E-state index contributed by atoms with van der Waals surface area (Å²) in [5.74, 6) is 1.37. The summed E-state index contributed by atoms with van der Waals surface area (Å²) in [5.41, 5.74) is 1.68. The van der Waals surface area contributed by atoms with Crippen molar-refractivity contribution < 1.29 is 9.53 Å². The number of carbonyl (C=O) groups excluding carboxylic acids is 1. The van der Waals surface area contributed by atoms with Crippen LogP contribution in [0, 0.1) is 5.92 Å². The van der Waals surface area contributed by atoms with E-state index in [4.69, 9.17) is 9.73 Å². The van der Waals surface area contributed by atoms with Crippen LogP contribution in [0.15, 0.2) is 29.3 Å². The van der Waals surface area contributed by atoms with Gasteiger partial charge in [0, 0.05) is 45.3 Å². The molecule has 0 saturated carbocycles. The van der Waals surface area contributed by atoms with Crippen molar-refractivity contribution in [3.63, 3.8) is 0 Å². The van der Waals surface area contributed by atoms with Crippen LogP contribution in [0.4, 0.5) is 0 Å². The summed E-state index contributed by atoms with van der Waals surface area (Å²) in [4.78, 5) is 18.6. The van der Waals surface area contributed by atoms with Gasteiger partial charge in [-0.15, -0.1) is 0 Å². The fourth-order valence-corrected chi connectivity index (χ4v) is 2.79. The number of amides is 1. The number of nitrogens with one attached hydrogen (secondary N) is 2. The molecule has 1 aromatic rings. The molecule has 6 nitrogen and oxygen atoms in total. The molecule has 6 heteroatoms. The van der Waals surface area contributed by atoms with Gasteiger partial charge in [0.1, 0.15) is 0 Å². The smallest absolute Gasteiger partial charge is 0.251 e. The predicted molar refractivity (Wildman–Crippen MR) is 96.2 cm³/mol. The molecule has 1 fully saturated rings. The molecule has 2 N–H and O–H groups in total. The molecule has 1 atom stereocenters. The molecular weight excluding hydrogens is 304 g/mol.